The van der Waals surface area contributed by atoms with Crippen LogP contribution in [0.5, 0.6) is 0 Å². The summed E-state index contributed by atoms with van der Waals surface area (Å²) in [5, 5.41) is 7.30. The summed E-state index contributed by atoms with van der Waals surface area (Å²) in [6.45, 7) is 7.64. The second-order valence-electron chi connectivity index (χ2n) is 6.88. The lowest BCUT2D eigenvalue weighted by molar-refractivity contribution is 0.00783. The normalized spacial score (nSPS) is 21.4. The van der Waals surface area contributed by atoms with Gasteiger partial charge in [-0.3, -0.25) is 9.48 Å². The molecule has 3 heterocycles. The highest BCUT2D eigenvalue weighted by molar-refractivity contribution is 5.92. The first-order chi connectivity index (χ1) is 12.2. The van der Waals surface area contributed by atoms with Gasteiger partial charge in [-0.25, -0.2) is 0 Å². The summed E-state index contributed by atoms with van der Waals surface area (Å²) < 4.78 is 13.1. The van der Waals surface area contributed by atoms with E-state index in [0.29, 0.717) is 24.9 Å². The number of aromatic nitrogens is 2. The molecule has 0 spiro atoms. The number of piperidine rings is 1. The number of nitrogens with one attached hydrogen (secondary N) is 1. The van der Waals surface area contributed by atoms with E-state index in [9.17, 15) is 4.79 Å². The van der Waals surface area contributed by atoms with Crippen molar-refractivity contribution in [2.75, 3.05) is 39.9 Å². The summed E-state index contributed by atoms with van der Waals surface area (Å²) in [6, 6.07) is 1.87. The van der Waals surface area contributed by atoms with Crippen LogP contribution in [0.2, 0.25) is 0 Å². The molecule has 1 amide bonds. The van der Waals surface area contributed by atoms with Gasteiger partial charge in [0.25, 0.3) is 5.91 Å². The quantitative estimate of drug-likeness (QED) is 0.711. The third kappa shape index (κ3) is 4.80. The van der Waals surface area contributed by atoms with Crippen molar-refractivity contribution in [2.45, 2.75) is 51.4 Å². The molecule has 7 heteroatoms. The number of ether oxygens (including phenoxy) is 2. The second-order valence-corrected chi connectivity index (χ2v) is 6.88. The molecule has 3 rings (SSSR count). The number of methoxy groups -OCH3 is 1. The fraction of sp³-hybridized carbons (Fsp3) is 0.778. The highest BCUT2D eigenvalue weighted by Crippen LogP contribution is 2.18. The molecule has 0 saturated carbocycles. The van der Waals surface area contributed by atoms with Gasteiger partial charge in [-0.05, 0) is 31.9 Å². The maximum absolute atomic E-state index is 12.2. The highest BCUT2D eigenvalue weighted by atomic mass is 16.5. The Morgan fingerprint density at radius 1 is 1.36 bits per heavy atom. The third-order valence-corrected chi connectivity index (χ3v) is 5.18. The van der Waals surface area contributed by atoms with Crippen molar-refractivity contribution in [1.29, 1.82) is 0 Å². The summed E-state index contributed by atoms with van der Waals surface area (Å²) >= 11 is 0. The van der Waals surface area contributed by atoms with Gasteiger partial charge >= 0.3 is 0 Å². The van der Waals surface area contributed by atoms with E-state index in [1.807, 2.05) is 10.7 Å². The maximum Gasteiger partial charge on any atom is 0.271 e. The van der Waals surface area contributed by atoms with Gasteiger partial charge in [0.05, 0.1) is 18.8 Å². The van der Waals surface area contributed by atoms with Crippen LogP contribution in [0.4, 0.5) is 0 Å². The summed E-state index contributed by atoms with van der Waals surface area (Å²) in [7, 11) is 1.71. The standard InChI is InChI=1S/C18H30N4O3/c1-3-21-8-5-15(6-9-21)25-10-4-7-19-18(23)17-12-14-11-16(24-2)13-22(14)20-17/h12,15-16H,3-11,13H2,1-2H3,(H,19,23)/t16-/m0/s1. The number of likely N-dealkylation sites (tertiary alicyclic amines) is 1. The monoisotopic (exact) mass is 350 g/mol. The molecule has 7 nitrogen and oxygen atoms in total. The summed E-state index contributed by atoms with van der Waals surface area (Å²) in [4.78, 5) is 14.6. The smallest absolute Gasteiger partial charge is 0.271 e. The summed E-state index contributed by atoms with van der Waals surface area (Å²) in [5.41, 5.74) is 1.57. The zero-order chi connectivity index (χ0) is 17.6. The number of carbonyl (C=O) groups is 1. The molecule has 0 radical (unpaired) electrons. The van der Waals surface area contributed by atoms with Gasteiger partial charge in [-0.15, -0.1) is 0 Å². The number of rotatable bonds is 8. The molecular formula is C18H30N4O3. The van der Waals surface area contributed by atoms with Crippen LogP contribution in [0.25, 0.3) is 0 Å². The summed E-state index contributed by atoms with van der Waals surface area (Å²) in [5.74, 6) is -0.105. The first-order valence-electron chi connectivity index (χ1n) is 9.41. The average Bonchev–Trinajstić information content (AvgIpc) is 3.20. The lowest BCUT2D eigenvalue weighted by Crippen LogP contribution is -2.37. The van der Waals surface area contributed by atoms with Crippen LogP contribution in [0.15, 0.2) is 6.07 Å². The van der Waals surface area contributed by atoms with E-state index < -0.39 is 0 Å². The van der Waals surface area contributed by atoms with Crippen molar-refractivity contribution >= 4 is 5.91 Å². The van der Waals surface area contributed by atoms with E-state index in [-0.39, 0.29) is 12.0 Å². The lowest BCUT2D eigenvalue weighted by atomic mass is 10.1. The molecule has 1 fully saturated rings. The Bertz CT molecular complexity index is 543. The van der Waals surface area contributed by atoms with Crippen LogP contribution in [0, 0.1) is 0 Å². The number of nitrogens with zero attached hydrogens (tertiary/aromatic N) is 3. The fourth-order valence-electron chi connectivity index (χ4n) is 3.54. The molecule has 2 aliphatic rings. The van der Waals surface area contributed by atoms with Gasteiger partial charge in [0.1, 0.15) is 5.69 Å². The van der Waals surface area contributed by atoms with Crippen LogP contribution in [-0.4, -0.2) is 72.7 Å². The SMILES string of the molecule is CCN1CCC(OCCCNC(=O)c2cc3n(n2)C[C@@H](OC)C3)CC1. The molecule has 25 heavy (non-hydrogen) atoms. The molecule has 1 N–H and O–H groups in total. The molecule has 2 aliphatic heterocycles. The van der Waals surface area contributed by atoms with Crippen molar-refractivity contribution in [3.8, 4) is 0 Å². The largest absolute Gasteiger partial charge is 0.379 e. The number of fused-ring (bicyclic) bond motifs is 1. The molecule has 0 aliphatic carbocycles. The first kappa shape index (κ1) is 18.4. The van der Waals surface area contributed by atoms with Crippen LogP contribution >= 0.6 is 0 Å². The Balaban J connectivity index is 1.30. The van der Waals surface area contributed by atoms with Gasteiger partial charge in [-0.1, -0.05) is 6.92 Å². The Morgan fingerprint density at radius 3 is 2.84 bits per heavy atom. The van der Waals surface area contributed by atoms with Crippen LogP contribution < -0.4 is 5.32 Å². The minimum absolute atomic E-state index is 0.105. The van der Waals surface area contributed by atoms with E-state index in [1.54, 1.807) is 7.11 Å². The van der Waals surface area contributed by atoms with Crippen molar-refractivity contribution < 1.29 is 14.3 Å². The van der Waals surface area contributed by atoms with Crippen LogP contribution in [0.1, 0.15) is 42.4 Å². The van der Waals surface area contributed by atoms with Crippen molar-refractivity contribution in [2.24, 2.45) is 0 Å². The molecule has 0 unspecified atom stereocenters. The van der Waals surface area contributed by atoms with Gasteiger partial charge < -0.3 is 19.7 Å². The topological polar surface area (TPSA) is 68.6 Å². The second kappa shape index (κ2) is 8.78. The molecular weight excluding hydrogens is 320 g/mol. The maximum atomic E-state index is 12.2. The molecule has 0 bridgehead atoms. The molecule has 1 aromatic heterocycles. The van der Waals surface area contributed by atoms with E-state index in [1.165, 1.54) is 0 Å². The number of hydrogen-bond acceptors (Lipinski definition) is 5. The zero-order valence-electron chi connectivity index (χ0n) is 15.4. The van der Waals surface area contributed by atoms with E-state index in [2.05, 4.69) is 22.2 Å². The summed E-state index contributed by atoms with van der Waals surface area (Å²) in [6.07, 6.45) is 4.44. The molecule has 0 aromatic carbocycles. The van der Waals surface area contributed by atoms with Crippen molar-refractivity contribution in [1.82, 2.24) is 20.0 Å². The minimum atomic E-state index is -0.105. The Labute approximate surface area is 149 Å². The molecule has 1 atom stereocenters. The van der Waals surface area contributed by atoms with E-state index in [4.69, 9.17) is 9.47 Å². The van der Waals surface area contributed by atoms with Crippen molar-refractivity contribution in [3.63, 3.8) is 0 Å². The van der Waals surface area contributed by atoms with Crippen LogP contribution in [0.3, 0.4) is 0 Å². The van der Waals surface area contributed by atoms with E-state index >= 15 is 0 Å². The first-order valence-corrected chi connectivity index (χ1v) is 9.41. The Kier molecular flexibility index (Phi) is 6.45. The van der Waals surface area contributed by atoms with Crippen LogP contribution in [-0.2, 0) is 22.4 Å². The number of amides is 1. The average molecular weight is 350 g/mol. The number of carbonyl (C=O) groups excluding carboxylic acids is 1. The fourth-order valence-corrected chi connectivity index (χ4v) is 3.54. The van der Waals surface area contributed by atoms with Gasteiger partial charge in [0.15, 0.2) is 0 Å². The molecule has 1 aromatic rings. The molecule has 1 saturated heterocycles. The zero-order valence-corrected chi connectivity index (χ0v) is 15.4. The van der Waals surface area contributed by atoms with E-state index in [0.717, 1.165) is 57.6 Å². The Hall–Kier alpha value is -1.44. The number of hydrogen-bond donors (Lipinski definition) is 1. The highest BCUT2D eigenvalue weighted by Gasteiger charge is 2.24. The molecule has 140 valence electrons. The predicted molar refractivity (Wildman–Crippen MR) is 94.8 cm³/mol. The minimum Gasteiger partial charge on any atom is -0.379 e. The van der Waals surface area contributed by atoms with Gasteiger partial charge in [0, 0.05) is 45.5 Å². The third-order valence-electron chi connectivity index (χ3n) is 5.18. The lowest BCUT2D eigenvalue weighted by Gasteiger charge is -2.30. The Morgan fingerprint density at radius 2 is 2.16 bits per heavy atom. The predicted octanol–water partition coefficient (Wildman–Crippen LogP) is 1.08. The van der Waals surface area contributed by atoms with Gasteiger partial charge in [-0.2, -0.15) is 5.10 Å². The van der Waals surface area contributed by atoms with Crippen molar-refractivity contribution in [3.05, 3.63) is 17.5 Å². The van der Waals surface area contributed by atoms with Gasteiger partial charge in [0.2, 0.25) is 0 Å².